The van der Waals surface area contributed by atoms with Gasteiger partial charge in [-0.3, -0.25) is 4.79 Å². The van der Waals surface area contributed by atoms with E-state index in [1.165, 1.54) is 12.1 Å². The number of rotatable bonds is 6. The van der Waals surface area contributed by atoms with Gasteiger partial charge in [-0.2, -0.15) is 5.53 Å². The van der Waals surface area contributed by atoms with E-state index in [1.807, 2.05) is 41.0 Å². The Morgan fingerprint density at radius 3 is 2.35 bits per heavy atom. The maximum Gasteiger partial charge on any atom is 0.335 e. The van der Waals surface area contributed by atoms with E-state index >= 15 is 0 Å². The third kappa shape index (κ3) is 3.84. The number of aromatic nitrogens is 1. The molecule has 1 heterocycles. The number of para-hydroxylation sites is 1. The lowest BCUT2D eigenvalue weighted by molar-refractivity contribution is -0.116. The number of nitrogens with zero attached hydrogens (tertiary/aromatic N) is 3. The summed E-state index contributed by atoms with van der Waals surface area (Å²) in [6.45, 7) is 0.0651. The number of carbonyl (C=O) groups excluding carboxylic acids is 1. The van der Waals surface area contributed by atoms with Crippen LogP contribution < -0.4 is 11.1 Å². The molecule has 0 spiro atoms. The van der Waals surface area contributed by atoms with Crippen LogP contribution in [0.5, 0.6) is 0 Å². The third-order valence-corrected chi connectivity index (χ3v) is 4.94. The van der Waals surface area contributed by atoms with Crippen LogP contribution in [0.25, 0.3) is 21.8 Å². The number of carbonyl (C=O) groups is 2. The minimum atomic E-state index is -1.02. The summed E-state index contributed by atoms with van der Waals surface area (Å²) in [4.78, 5) is 23.7. The van der Waals surface area contributed by atoms with Gasteiger partial charge >= 0.3 is 5.97 Å². The largest absolute Gasteiger partial charge is 0.478 e. The lowest BCUT2D eigenvalue weighted by atomic mass is 10.1. The molecule has 3 aromatic carbocycles. The average Bonchev–Trinajstić information content (AvgIpc) is 3.07. The van der Waals surface area contributed by atoms with Gasteiger partial charge < -0.3 is 20.7 Å². The highest BCUT2D eigenvalue weighted by atomic mass is 16.4. The van der Waals surface area contributed by atoms with Crippen LogP contribution in [0.3, 0.4) is 0 Å². The van der Waals surface area contributed by atoms with Crippen molar-refractivity contribution >= 4 is 45.2 Å². The minimum Gasteiger partial charge on any atom is -0.478 e. The smallest absolute Gasteiger partial charge is 0.335 e. The van der Waals surface area contributed by atoms with Crippen molar-refractivity contribution in [3.8, 4) is 0 Å². The first kappa shape index (κ1) is 19.8. The number of fused-ring (bicyclic) bond motifs is 3. The maximum absolute atomic E-state index is 12.7. The van der Waals surface area contributed by atoms with Crippen molar-refractivity contribution in [3.63, 3.8) is 0 Å². The molecule has 0 atom stereocenters. The molecule has 4 aromatic rings. The number of amides is 1. The molecule has 154 valence electrons. The molecule has 0 saturated carbocycles. The molecule has 0 bridgehead atoms. The molecule has 0 fully saturated rings. The summed E-state index contributed by atoms with van der Waals surface area (Å²) in [5.74, 6) is -1.13. The fourth-order valence-corrected chi connectivity index (χ4v) is 3.54. The van der Waals surface area contributed by atoms with E-state index in [0.29, 0.717) is 11.3 Å². The summed E-state index contributed by atoms with van der Waals surface area (Å²) >= 11 is 0. The van der Waals surface area contributed by atoms with Crippen LogP contribution in [0.2, 0.25) is 0 Å². The van der Waals surface area contributed by atoms with Crippen molar-refractivity contribution in [1.82, 2.24) is 4.57 Å². The molecule has 0 unspecified atom stereocenters. The van der Waals surface area contributed by atoms with Crippen molar-refractivity contribution in [1.29, 1.82) is 5.53 Å². The van der Waals surface area contributed by atoms with Gasteiger partial charge in [-0.15, -0.1) is 5.10 Å². The summed E-state index contributed by atoms with van der Waals surface area (Å²) in [7, 11) is 0. The summed E-state index contributed by atoms with van der Waals surface area (Å²) in [6.07, 6.45) is 0. The summed E-state index contributed by atoms with van der Waals surface area (Å²) in [5.41, 5.74) is 15.8. The molecule has 0 aliphatic carbocycles. The van der Waals surface area contributed by atoms with Crippen molar-refractivity contribution in [2.75, 3.05) is 5.32 Å². The number of aromatic carboxylic acids is 1. The Bertz CT molecular complexity index is 1360. The van der Waals surface area contributed by atoms with Gasteiger partial charge in [-0.25, -0.2) is 4.79 Å². The number of benzene rings is 3. The van der Waals surface area contributed by atoms with Crippen LogP contribution >= 0.6 is 0 Å². The first-order valence-corrected chi connectivity index (χ1v) is 9.32. The number of anilines is 1. The Morgan fingerprint density at radius 2 is 1.65 bits per heavy atom. The zero-order chi connectivity index (χ0) is 22.0. The first-order valence-electron chi connectivity index (χ1n) is 9.32. The van der Waals surface area contributed by atoms with E-state index in [2.05, 4.69) is 15.6 Å². The average molecular weight is 414 g/mol. The number of amidine groups is 1. The maximum atomic E-state index is 12.7. The fraction of sp³-hybridized carbons (Fsp3) is 0.0455. The molecule has 0 aliphatic rings. The molecular weight excluding hydrogens is 396 g/mol. The Hall–Kier alpha value is -4.53. The molecule has 4 rings (SSSR count). The number of hydrogen-bond donors (Lipinski definition) is 4. The first-order chi connectivity index (χ1) is 15.0. The normalized spacial score (nSPS) is 11.5. The van der Waals surface area contributed by atoms with Crippen molar-refractivity contribution < 1.29 is 14.7 Å². The molecule has 1 aromatic heterocycles. The molecule has 9 heteroatoms. The number of carboxylic acids is 1. The van der Waals surface area contributed by atoms with E-state index in [9.17, 15) is 9.59 Å². The van der Waals surface area contributed by atoms with Crippen LogP contribution in [0.4, 0.5) is 5.69 Å². The third-order valence-electron chi connectivity index (χ3n) is 4.94. The summed E-state index contributed by atoms with van der Waals surface area (Å²) < 4.78 is 1.90. The van der Waals surface area contributed by atoms with Crippen LogP contribution in [0.1, 0.15) is 15.9 Å². The highest BCUT2D eigenvalue weighted by Gasteiger charge is 2.15. The van der Waals surface area contributed by atoms with E-state index in [1.54, 1.807) is 18.2 Å². The minimum absolute atomic E-state index is 0.0651. The SMILES string of the molecule is N=NN=C(N)c1ccc2c(c1)c1ccccc1n2CC(=O)Nc1ccc(C(=O)O)cc1. The summed E-state index contributed by atoms with van der Waals surface area (Å²) in [6, 6.07) is 19.2. The summed E-state index contributed by atoms with van der Waals surface area (Å²) in [5, 5.41) is 20.2. The van der Waals surface area contributed by atoms with Crippen molar-refractivity contribution in [3.05, 3.63) is 77.9 Å². The highest BCUT2D eigenvalue weighted by Crippen LogP contribution is 2.30. The lowest BCUT2D eigenvalue weighted by Crippen LogP contribution is -2.18. The molecule has 5 N–H and O–H groups in total. The monoisotopic (exact) mass is 414 g/mol. The Balaban J connectivity index is 1.69. The Labute approximate surface area is 176 Å². The predicted octanol–water partition coefficient (Wildman–Crippen LogP) is 3.78. The van der Waals surface area contributed by atoms with Gasteiger partial charge in [-0.1, -0.05) is 23.4 Å². The second kappa shape index (κ2) is 8.07. The van der Waals surface area contributed by atoms with Gasteiger partial charge in [-0.05, 0) is 48.5 Å². The quantitative estimate of drug-likeness (QED) is 0.164. The van der Waals surface area contributed by atoms with Crippen LogP contribution in [0.15, 0.2) is 77.1 Å². The second-order valence-corrected chi connectivity index (χ2v) is 6.85. The van der Waals surface area contributed by atoms with Crippen LogP contribution in [0, 0.1) is 5.53 Å². The number of nitrogens with one attached hydrogen (secondary N) is 2. The molecular formula is C22H18N6O3. The van der Waals surface area contributed by atoms with E-state index in [-0.39, 0.29) is 23.9 Å². The van der Waals surface area contributed by atoms with E-state index in [0.717, 1.165) is 21.8 Å². The van der Waals surface area contributed by atoms with E-state index in [4.69, 9.17) is 16.4 Å². The Morgan fingerprint density at radius 1 is 0.968 bits per heavy atom. The van der Waals surface area contributed by atoms with Crippen molar-refractivity contribution in [2.45, 2.75) is 6.54 Å². The second-order valence-electron chi connectivity index (χ2n) is 6.85. The molecule has 0 radical (unpaired) electrons. The molecule has 0 aliphatic heterocycles. The zero-order valence-corrected chi connectivity index (χ0v) is 16.2. The number of nitrogens with two attached hydrogens (primary N) is 1. The molecule has 9 nitrogen and oxygen atoms in total. The molecule has 31 heavy (non-hydrogen) atoms. The van der Waals surface area contributed by atoms with Gasteiger partial charge in [0.05, 0.1) is 5.56 Å². The lowest BCUT2D eigenvalue weighted by Gasteiger charge is -2.09. The van der Waals surface area contributed by atoms with Gasteiger partial charge in [0.25, 0.3) is 0 Å². The topological polar surface area (TPSA) is 146 Å². The number of hydrogen-bond acceptors (Lipinski definition) is 4. The van der Waals surface area contributed by atoms with Gasteiger partial charge in [0.1, 0.15) is 6.54 Å². The van der Waals surface area contributed by atoms with Crippen LogP contribution in [-0.4, -0.2) is 27.4 Å². The van der Waals surface area contributed by atoms with Gasteiger partial charge in [0, 0.05) is 33.1 Å². The zero-order valence-electron chi connectivity index (χ0n) is 16.2. The van der Waals surface area contributed by atoms with Crippen LogP contribution in [-0.2, 0) is 11.3 Å². The Kier molecular flexibility index (Phi) is 5.15. The molecule has 0 saturated heterocycles. The van der Waals surface area contributed by atoms with Gasteiger partial charge in [0.2, 0.25) is 5.91 Å². The fourth-order valence-electron chi connectivity index (χ4n) is 3.54. The molecule has 1 amide bonds. The predicted molar refractivity (Wildman–Crippen MR) is 117 cm³/mol. The van der Waals surface area contributed by atoms with Gasteiger partial charge in [0.15, 0.2) is 5.84 Å². The highest BCUT2D eigenvalue weighted by molar-refractivity contribution is 6.11. The van der Waals surface area contributed by atoms with E-state index < -0.39 is 5.97 Å². The number of carboxylic acid groups (broad SMARTS) is 1. The standard InChI is InChI=1S/C22H18N6O3/c23-21(26-27-24)14-7-10-19-17(11-14)16-3-1-2-4-18(16)28(19)12-20(29)25-15-8-5-13(6-9-15)22(30)31/h1-11H,12H2,(H,25,29)(H,30,31)(H3,23,24,26). The van der Waals surface area contributed by atoms with Crippen molar-refractivity contribution in [2.24, 2.45) is 16.1 Å².